The van der Waals surface area contributed by atoms with Gasteiger partial charge < -0.3 is 0 Å². The van der Waals surface area contributed by atoms with Gasteiger partial charge in [-0.3, -0.25) is 0 Å². The second-order valence-corrected chi connectivity index (χ2v) is 10.4. The molecule has 0 radical (unpaired) electrons. The summed E-state index contributed by atoms with van der Waals surface area (Å²) in [4.78, 5) is 0. The molecule has 0 atom stereocenters. The molecule has 0 fully saturated rings. The highest BCUT2D eigenvalue weighted by Gasteiger charge is 2.14. The minimum Gasteiger partial charge on any atom is -0.133 e. The van der Waals surface area contributed by atoms with E-state index in [1.807, 2.05) is 11.3 Å². The molecule has 3 aromatic rings. The summed E-state index contributed by atoms with van der Waals surface area (Å²) in [5.41, 5.74) is 3.08. The molecule has 0 aliphatic carbocycles. The fraction of sp³-hybridized carbons (Fsp3) is 0.478. The number of fused-ring (bicyclic) bond motifs is 3. The van der Waals surface area contributed by atoms with Crippen molar-refractivity contribution in [3.63, 3.8) is 0 Å². The highest BCUT2D eigenvalue weighted by molar-refractivity contribution is 14.1. The van der Waals surface area contributed by atoms with Crippen molar-refractivity contribution in [1.29, 1.82) is 0 Å². The largest absolute Gasteiger partial charge is 0.133 e. The number of hydrogen-bond donors (Lipinski definition) is 0. The van der Waals surface area contributed by atoms with Gasteiger partial charge >= 0.3 is 0 Å². The maximum atomic E-state index is 2.59. The van der Waals surface area contributed by atoms with E-state index in [0.717, 1.165) is 0 Å². The predicted octanol–water partition coefficient (Wildman–Crippen LogP) is 9.12. The topological polar surface area (TPSA) is 0 Å². The minimum absolute atomic E-state index is 1.22. The molecule has 0 unspecified atom stereocenters. The van der Waals surface area contributed by atoms with E-state index < -0.39 is 0 Å². The molecule has 0 nitrogen and oxygen atoms in total. The van der Waals surface area contributed by atoms with Gasteiger partial charge in [0.1, 0.15) is 0 Å². The summed E-state index contributed by atoms with van der Waals surface area (Å²) in [7, 11) is 0. The van der Waals surface area contributed by atoms with Gasteiger partial charge in [0.15, 0.2) is 0 Å². The van der Waals surface area contributed by atoms with Crippen LogP contribution in [0.2, 0.25) is 0 Å². The van der Waals surface area contributed by atoms with Crippen molar-refractivity contribution in [1.82, 2.24) is 0 Å². The molecular weight excluding hydrogens is 562 g/mol. The lowest BCUT2D eigenvalue weighted by Crippen LogP contribution is -1.90. The highest BCUT2D eigenvalue weighted by Crippen LogP contribution is 2.41. The fourth-order valence-electron chi connectivity index (χ4n) is 3.61. The first-order valence-electron chi connectivity index (χ1n) is 9.98. The van der Waals surface area contributed by atoms with E-state index in [4.69, 9.17) is 0 Å². The van der Waals surface area contributed by atoms with Crippen LogP contribution in [0.3, 0.4) is 0 Å². The second-order valence-electron chi connectivity index (χ2n) is 7.20. The first-order chi connectivity index (χ1) is 12.7. The number of rotatable bonds is 9. The number of hydrogen-bond acceptors (Lipinski definition) is 1. The van der Waals surface area contributed by atoms with Gasteiger partial charge in [-0.15, -0.1) is 11.3 Å². The van der Waals surface area contributed by atoms with Crippen LogP contribution in [-0.2, 0) is 12.8 Å². The lowest BCUT2D eigenvalue weighted by molar-refractivity contribution is 0.666. The number of benzene rings is 2. The Morgan fingerprint density at radius 1 is 0.654 bits per heavy atom. The molecule has 3 heteroatoms. The van der Waals surface area contributed by atoms with Crippen molar-refractivity contribution in [3.8, 4) is 0 Å². The van der Waals surface area contributed by atoms with Gasteiger partial charge in [0.25, 0.3) is 0 Å². The first kappa shape index (κ1) is 20.8. The van der Waals surface area contributed by atoms with E-state index in [-0.39, 0.29) is 0 Å². The summed E-state index contributed by atoms with van der Waals surface area (Å²) in [6.07, 6.45) is 11.7. The molecule has 3 rings (SSSR count). The van der Waals surface area contributed by atoms with Crippen LogP contribution in [0, 0.1) is 7.14 Å². The second kappa shape index (κ2) is 10.1. The number of unbranched alkanes of at least 4 members (excludes halogenated alkanes) is 5. The van der Waals surface area contributed by atoms with E-state index in [1.54, 1.807) is 5.56 Å². The van der Waals surface area contributed by atoms with Crippen molar-refractivity contribution < 1.29 is 0 Å². The maximum absolute atomic E-state index is 2.59. The minimum atomic E-state index is 1.22. The Hall–Kier alpha value is 0.120. The zero-order chi connectivity index (χ0) is 18.5. The molecule has 2 aromatic carbocycles. The van der Waals surface area contributed by atoms with Crippen molar-refractivity contribution in [2.45, 2.75) is 71.6 Å². The molecule has 0 bridgehead atoms. The van der Waals surface area contributed by atoms with Gasteiger partial charge in [0.05, 0.1) is 0 Å². The van der Waals surface area contributed by atoms with Crippen LogP contribution >= 0.6 is 56.5 Å². The normalized spacial score (nSPS) is 11.7. The molecule has 1 aromatic heterocycles. The lowest BCUT2D eigenvalue weighted by atomic mass is 10.0. The number of thiophene rings is 1. The van der Waals surface area contributed by atoms with E-state index in [9.17, 15) is 0 Å². The molecule has 0 N–H and O–H groups in total. The van der Waals surface area contributed by atoms with Gasteiger partial charge in [-0.2, -0.15) is 0 Å². The standard InChI is InChI=1S/C23H28I2S/c1-3-5-7-9-11-17-13-15-19-18-14-12-16(10-8-6-4-2)20(24)22(18)26-23(19)21(17)25/h12-15H,3-11H2,1-2H3. The summed E-state index contributed by atoms with van der Waals surface area (Å²) in [6, 6.07) is 9.49. The van der Waals surface area contributed by atoms with Crippen molar-refractivity contribution in [2.24, 2.45) is 0 Å². The average molecular weight is 590 g/mol. The Labute approximate surface area is 189 Å². The van der Waals surface area contributed by atoms with Gasteiger partial charge in [-0.05, 0) is 82.0 Å². The van der Waals surface area contributed by atoms with Crippen LogP contribution in [0.25, 0.3) is 20.2 Å². The van der Waals surface area contributed by atoms with E-state index >= 15 is 0 Å². The quantitative estimate of drug-likeness (QED) is 0.172. The molecule has 140 valence electrons. The Kier molecular flexibility index (Phi) is 8.06. The molecule has 26 heavy (non-hydrogen) atoms. The average Bonchev–Trinajstić information content (AvgIpc) is 3.03. The summed E-state index contributed by atoms with van der Waals surface area (Å²) in [5.74, 6) is 0. The van der Waals surface area contributed by atoms with Crippen LogP contribution in [0.4, 0.5) is 0 Å². The van der Waals surface area contributed by atoms with E-state index in [2.05, 4.69) is 83.3 Å². The van der Waals surface area contributed by atoms with Crippen LogP contribution in [-0.4, -0.2) is 0 Å². The van der Waals surface area contributed by atoms with Gasteiger partial charge in [0, 0.05) is 27.3 Å². The smallest absolute Gasteiger partial charge is 0.0492 e. The van der Waals surface area contributed by atoms with Crippen LogP contribution in [0.1, 0.15) is 69.9 Å². The molecule has 0 aliphatic heterocycles. The van der Waals surface area contributed by atoms with Crippen molar-refractivity contribution in [2.75, 3.05) is 0 Å². The zero-order valence-corrected chi connectivity index (χ0v) is 21.0. The van der Waals surface area contributed by atoms with Crippen molar-refractivity contribution in [3.05, 3.63) is 42.5 Å². The summed E-state index contributed by atoms with van der Waals surface area (Å²) in [6.45, 7) is 4.56. The summed E-state index contributed by atoms with van der Waals surface area (Å²) < 4.78 is 5.96. The Balaban J connectivity index is 1.93. The van der Waals surface area contributed by atoms with E-state index in [1.165, 1.54) is 90.7 Å². The monoisotopic (exact) mass is 590 g/mol. The molecular formula is C23H28I2S. The van der Waals surface area contributed by atoms with Crippen LogP contribution in [0.5, 0.6) is 0 Å². The summed E-state index contributed by atoms with van der Waals surface area (Å²) >= 11 is 7.19. The maximum Gasteiger partial charge on any atom is 0.0492 e. The van der Waals surface area contributed by atoms with Crippen molar-refractivity contribution >= 4 is 76.7 Å². The molecule has 0 spiro atoms. The molecule has 1 heterocycles. The SMILES string of the molecule is CCCCCCc1ccc2c(sc3c(I)c(CCCCC)ccc32)c1I. The molecule has 0 saturated heterocycles. The Morgan fingerprint density at radius 2 is 1.12 bits per heavy atom. The van der Waals surface area contributed by atoms with Crippen LogP contribution < -0.4 is 0 Å². The summed E-state index contributed by atoms with van der Waals surface area (Å²) in [5, 5.41) is 2.90. The number of aryl methyl sites for hydroxylation is 2. The van der Waals surface area contributed by atoms with Gasteiger partial charge in [-0.1, -0.05) is 70.2 Å². The third-order valence-electron chi connectivity index (χ3n) is 5.20. The third kappa shape index (κ3) is 4.57. The third-order valence-corrected chi connectivity index (χ3v) is 9.65. The first-order valence-corrected chi connectivity index (χ1v) is 13.0. The Morgan fingerprint density at radius 3 is 1.62 bits per heavy atom. The highest BCUT2D eigenvalue weighted by atomic mass is 127. The number of halogens is 2. The zero-order valence-electron chi connectivity index (χ0n) is 15.8. The van der Waals surface area contributed by atoms with E-state index in [0.29, 0.717) is 0 Å². The lowest BCUT2D eigenvalue weighted by Gasteiger charge is -2.06. The molecule has 0 aliphatic rings. The predicted molar refractivity (Wildman–Crippen MR) is 136 cm³/mol. The fourth-order valence-corrected chi connectivity index (χ4v) is 6.98. The van der Waals surface area contributed by atoms with Crippen LogP contribution in [0.15, 0.2) is 24.3 Å². The Bertz CT molecular complexity index is 879. The van der Waals surface area contributed by atoms with Gasteiger partial charge in [0.2, 0.25) is 0 Å². The van der Waals surface area contributed by atoms with Gasteiger partial charge in [-0.25, -0.2) is 0 Å². The molecule has 0 saturated carbocycles. The molecule has 0 amide bonds.